The van der Waals surface area contributed by atoms with Crippen molar-refractivity contribution in [3.8, 4) is 11.5 Å². The molecule has 1 heterocycles. The summed E-state index contributed by atoms with van der Waals surface area (Å²) in [5.74, 6) is 0.0152. The summed E-state index contributed by atoms with van der Waals surface area (Å²) in [4.78, 5) is 25.8. The van der Waals surface area contributed by atoms with Gasteiger partial charge in [0.25, 0.3) is 11.8 Å². The van der Waals surface area contributed by atoms with Gasteiger partial charge in [0.1, 0.15) is 11.6 Å². The van der Waals surface area contributed by atoms with Gasteiger partial charge in [-0.3, -0.25) is 9.59 Å². The maximum absolute atomic E-state index is 12.9. The van der Waals surface area contributed by atoms with Crippen molar-refractivity contribution >= 4 is 57.2 Å². The van der Waals surface area contributed by atoms with Crippen LogP contribution in [0.2, 0.25) is 10.0 Å². The Morgan fingerprint density at radius 2 is 1.74 bits per heavy atom. The van der Waals surface area contributed by atoms with Crippen LogP contribution in [0.5, 0.6) is 11.5 Å². The summed E-state index contributed by atoms with van der Waals surface area (Å²) >= 11 is 16.1. The van der Waals surface area contributed by atoms with E-state index in [0.29, 0.717) is 38.2 Å². The average Bonchev–Trinajstić information content (AvgIpc) is 3.51. The Bertz CT molecular complexity index is 1180. The lowest BCUT2D eigenvalue weighted by Crippen LogP contribution is -2.28. The Morgan fingerprint density at radius 3 is 2.35 bits per heavy atom. The lowest BCUT2D eigenvalue weighted by Gasteiger charge is -2.16. The normalized spacial score (nSPS) is 25.0. The van der Waals surface area contributed by atoms with Crippen LogP contribution in [0.25, 0.3) is 0 Å². The number of rotatable bonds is 7. The van der Waals surface area contributed by atoms with E-state index in [4.69, 9.17) is 32.7 Å². The first-order chi connectivity index (χ1) is 16.4. The quantitative estimate of drug-likeness (QED) is 0.240. The first-order valence-corrected chi connectivity index (χ1v) is 12.6. The van der Waals surface area contributed by atoms with Gasteiger partial charge in [0.05, 0.1) is 24.7 Å². The zero-order valence-corrected chi connectivity index (χ0v) is 21.3. The number of nitrogens with zero attached hydrogens (tertiary/aromatic N) is 2. The number of hydrogen-bond acceptors (Lipinski definition) is 5. The van der Waals surface area contributed by atoms with Crippen molar-refractivity contribution in [1.82, 2.24) is 5.01 Å². The minimum Gasteiger partial charge on any atom is -0.490 e. The van der Waals surface area contributed by atoms with Gasteiger partial charge < -0.3 is 9.47 Å². The van der Waals surface area contributed by atoms with Crippen LogP contribution in [-0.4, -0.2) is 29.6 Å². The monoisotopic (exact) mass is 562 g/mol. The van der Waals surface area contributed by atoms with E-state index < -0.39 is 0 Å². The smallest absolute Gasteiger partial charge is 0.254 e. The van der Waals surface area contributed by atoms with Crippen LogP contribution < -0.4 is 9.47 Å². The third kappa shape index (κ3) is 4.04. The van der Waals surface area contributed by atoms with Crippen LogP contribution in [-0.2, 0) is 16.2 Å². The molecule has 1 saturated carbocycles. The van der Waals surface area contributed by atoms with E-state index in [1.165, 1.54) is 6.21 Å². The van der Waals surface area contributed by atoms with E-state index >= 15 is 0 Å². The first-order valence-electron chi connectivity index (χ1n) is 11.0. The molecule has 1 saturated heterocycles. The van der Waals surface area contributed by atoms with Gasteiger partial charge >= 0.3 is 0 Å². The number of halogens is 3. The Hall–Kier alpha value is -2.35. The van der Waals surface area contributed by atoms with Crippen LogP contribution in [0.3, 0.4) is 0 Å². The van der Waals surface area contributed by atoms with Gasteiger partial charge in [0.15, 0.2) is 11.5 Å². The fourth-order valence-corrected chi connectivity index (χ4v) is 5.73. The molecule has 3 aliphatic rings. The molecule has 0 spiro atoms. The van der Waals surface area contributed by atoms with E-state index in [1.54, 1.807) is 18.2 Å². The van der Waals surface area contributed by atoms with E-state index in [2.05, 4.69) is 33.2 Å². The van der Waals surface area contributed by atoms with Crippen molar-refractivity contribution in [2.45, 2.75) is 20.0 Å². The Labute approximate surface area is 215 Å². The number of hydrazone groups is 1. The minimum atomic E-state index is -0.297. The Balaban J connectivity index is 1.39. The summed E-state index contributed by atoms with van der Waals surface area (Å²) in [5.41, 5.74) is 1.48. The topological polar surface area (TPSA) is 68.2 Å². The van der Waals surface area contributed by atoms with Gasteiger partial charge in [-0.1, -0.05) is 47.5 Å². The molecule has 5 rings (SSSR count). The molecule has 0 unspecified atom stereocenters. The third-order valence-corrected chi connectivity index (χ3v) is 8.21. The molecule has 9 heteroatoms. The zero-order valence-electron chi connectivity index (χ0n) is 18.2. The molecule has 2 aromatic carbocycles. The van der Waals surface area contributed by atoms with Gasteiger partial charge in [0.2, 0.25) is 0 Å². The van der Waals surface area contributed by atoms with Gasteiger partial charge in [0, 0.05) is 15.1 Å². The second-order valence-corrected chi connectivity index (χ2v) is 10.1. The number of benzene rings is 2. The lowest BCUT2D eigenvalue weighted by atomic mass is 9.85. The summed E-state index contributed by atoms with van der Waals surface area (Å²) in [6.07, 6.45) is 6.43. The van der Waals surface area contributed by atoms with Crippen molar-refractivity contribution in [2.75, 3.05) is 6.61 Å². The first kappa shape index (κ1) is 23.4. The SMILES string of the molecule is CCOc1cc(C=NN2C(=O)[C@@H]3[C@H](C2=O)[C@H]2C=C[C@H]3C2)c(Br)c(Cl)c1OCc1ccc(Cl)cc1. The number of amides is 2. The summed E-state index contributed by atoms with van der Waals surface area (Å²) in [6.45, 7) is 2.52. The van der Waals surface area contributed by atoms with E-state index in [9.17, 15) is 9.59 Å². The number of hydrogen-bond donors (Lipinski definition) is 0. The van der Waals surface area contributed by atoms with E-state index in [0.717, 1.165) is 17.0 Å². The van der Waals surface area contributed by atoms with Crippen molar-refractivity contribution in [2.24, 2.45) is 28.8 Å². The van der Waals surface area contributed by atoms with Crippen molar-refractivity contribution in [1.29, 1.82) is 0 Å². The van der Waals surface area contributed by atoms with Gasteiger partial charge in [-0.25, -0.2) is 0 Å². The van der Waals surface area contributed by atoms with Crippen LogP contribution in [0.4, 0.5) is 0 Å². The highest BCUT2D eigenvalue weighted by molar-refractivity contribution is 9.10. The summed E-state index contributed by atoms with van der Waals surface area (Å²) in [7, 11) is 0. The Morgan fingerprint density at radius 1 is 1.09 bits per heavy atom. The number of imide groups is 1. The molecule has 176 valence electrons. The summed E-state index contributed by atoms with van der Waals surface area (Å²) < 4.78 is 12.3. The number of allylic oxidation sites excluding steroid dienone is 2. The summed E-state index contributed by atoms with van der Waals surface area (Å²) in [6, 6.07) is 9.04. The van der Waals surface area contributed by atoms with Crippen LogP contribution in [0.1, 0.15) is 24.5 Å². The Kier molecular flexibility index (Phi) is 6.44. The van der Waals surface area contributed by atoms with Gasteiger partial charge in [-0.15, -0.1) is 0 Å². The van der Waals surface area contributed by atoms with E-state index in [1.807, 2.05) is 19.1 Å². The fourth-order valence-electron chi connectivity index (χ4n) is 4.95. The van der Waals surface area contributed by atoms with E-state index in [-0.39, 0.29) is 42.1 Å². The molecule has 34 heavy (non-hydrogen) atoms. The molecule has 4 atom stereocenters. The number of ether oxygens (including phenoxy) is 2. The highest BCUT2D eigenvalue weighted by Crippen LogP contribution is 2.52. The van der Waals surface area contributed by atoms with Crippen LogP contribution in [0, 0.1) is 23.7 Å². The second kappa shape index (κ2) is 9.36. The highest BCUT2D eigenvalue weighted by Gasteiger charge is 2.59. The maximum Gasteiger partial charge on any atom is 0.254 e. The standard InChI is InChI=1S/C25H21BrCl2N2O4/c1-2-33-18-10-16(21(26)22(28)23(18)34-12-13-3-7-17(27)8-4-13)11-29-30-24(31)19-14-5-6-15(9-14)20(19)25(30)32/h3-8,10-11,14-15,19-20H,2,9,12H2,1H3/t14-,15-,19-,20+/m0/s1. The molecule has 2 bridgehead atoms. The molecule has 0 N–H and O–H groups in total. The molecule has 2 fully saturated rings. The van der Waals surface area contributed by atoms with Crippen LogP contribution >= 0.6 is 39.1 Å². The van der Waals surface area contributed by atoms with Crippen molar-refractivity contribution in [3.05, 3.63) is 68.1 Å². The second-order valence-electron chi connectivity index (χ2n) is 8.50. The average molecular weight is 564 g/mol. The molecule has 0 aromatic heterocycles. The minimum absolute atomic E-state index is 0.134. The largest absolute Gasteiger partial charge is 0.490 e. The molecular weight excluding hydrogens is 543 g/mol. The molecule has 2 aliphatic carbocycles. The lowest BCUT2D eigenvalue weighted by molar-refractivity contribution is -0.140. The zero-order chi connectivity index (χ0) is 24.0. The molecule has 6 nitrogen and oxygen atoms in total. The highest BCUT2D eigenvalue weighted by atomic mass is 79.9. The number of fused-ring (bicyclic) bond motifs is 5. The predicted molar refractivity (Wildman–Crippen MR) is 133 cm³/mol. The van der Waals surface area contributed by atoms with Crippen molar-refractivity contribution in [3.63, 3.8) is 0 Å². The van der Waals surface area contributed by atoms with Crippen LogP contribution in [0.15, 0.2) is 52.1 Å². The van der Waals surface area contributed by atoms with Gasteiger partial charge in [-0.2, -0.15) is 10.1 Å². The number of carbonyl (C=O) groups is 2. The molecule has 2 amide bonds. The van der Waals surface area contributed by atoms with Crippen molar-refractivity contribution < 1.29 is 19.1 Å². The molecule has 0 radical (unpaired) electrons. The maximum atomic E-state index is 12.9. The third-order valence-electron chi connectivity index (χ3n) is 6.51. The predicted octanol–water partition coefficient (Wildman–Crippen LogP) is 5.87. The molecule has 1 aliphatic heterocycles. The number of carbonyl (C=O) groups excluding carboxylic acids is 2. The molecule has 2 aromatic rings. The fraction of sp³-hybridized carbons (Fsp3) is 0.320. The molecular formula is C25H21BrCl2N2O4. The summed E-state index contributed by atoms with van der Waals surface area (Å²) in [5, 5.41) is 6.21. The van der Waals surface area contributed by atoms with Gasteiger partial charge in [-0.05, 0) is 64.9 Å².